The maximum atomic E-state index is 13.9. The van der Waals surface area contributed by atoms with Crippen LogP contribution in [-0.4, -0.2) is 40.7 Å². The highest BCUT2D eigenvalue weighted by atomic mass is 32.2. The van der Waals surface area contributed by atoms with Gasteiger partial charge in [0.2, 0.25) is 11.8 Å². The minimum absolute atomic E-state index is 0.0122. The van der Waals surface area contributed by atoms with E-state index in [0.29, 0.717) is 17.2 Å². The Morgan fingerprint density at radius 1 is 1.12 bits per heavy atom. The number of carboxylic acids is 1. The number of aromatic nitrogens is 1. The van der Waals surface area contributed by atoms with Crippen LogP contribution in [-0.2, 0) is 9.59 Å². The lowest BCUT2D eigenvalue weighted by Gasteiger charge is -2.38. The fourth-order valence-electron chi connectivity index (χ4n) is 4.54. The Kier molecular flexibility index (Phi) is 5.13. The van der Waals surface area contributed by atoms with Crippen molar-refractivity contribution in [1.29, 1.82) is 0 Å². The van der Waals surface area contributed by atoms with E-state index in [-0.39, 0.29) is 28.7 Å². The molecule has 2 aliphatic rings. The molecule has 0 saturated carbocycles. The number of H-pyrrole nitrogens is 1. The molecule has 1 fully saturated rings. The standard InChI is InChI=1S/C23H18N2O6S2/c1-31-15-8-4-12(5-9-15)17-18-19(24-22(30)33-18)32-11-23(17)10-16(26)25(21(23)29)14-6-2-13(3-7-14)20(27)28/h2-9,17H,10-11H2,1H3,(H,24,30)(H,27,28)/t17-,23-/m0/s1. The quantitative estimate of drug-likeness (QED) is 0.548. The van der Waals surface area contributed by atoms with Crippen LogP contribution in [0.2, 0.25) is 0 Å². The van der Waals surface area contributed by atoms with Gasteiger partial charge < -0.3 is 14.8 Å². The molecule has 1 aromatic heterocycles. The van der Waals surface area contributed by atoms with Crippen LogP contribution in [0.25, 0.3) is 0 Å². The zero-order valence-corrected chi connectivity index (χ0v) is 19.0. The molecular formula is C23H18N2O6S2. The summed E-state index contributed by atoms with van der Waals surface area (Å²) in [6, 6.07) is 13.0. The number of benzene rings is 2. The molecule has 3 heterocycles. The highest BCUT2D eigenvalue weighted by Crippen LogP contribution is 2.57. The number of anilines is 1. The molecule has 8 nitrogen and oxygen atoms in total. The fraction of sp³-hybridized carbons (Fsp3) is 0.217. The van der Waals surface area contributed by atoms with Gasteiger partial charge in [-0.25, -0.2) is 9.69 Å². The lowest BCUT2D eigenvalue weighted by Crippen LogP contribution is -2.43. The maximum absolute atomic E-state index is 13.9. The molecule has 2 N–H and O–H groups in total. The number of carbonyl (C=O) groups is 3. The average Bonchev–Trinajstić information content (AvgIpc) is 3.30. The number of fused-ring (bicyclic) bond motifs is 1. The summed E-state index contributed by atoms with van der Waals surface area (Å²) in [6.45, 7) is 0. The molecule has 2 atom stereocenters. The van der Waals surface area contributed by atoms with Gasteiger partial charge in [0.25, 0.3) is 0 Å². The summed E-state index contributed by atoms with van der Waals surface area (Å²) < 4.78 is 5.26. The first kappa shape index (κ1) is 21.5. The van der Waals surface area contributed by atoms with Crippen LogP contribution in [0, 0.1) is 5.41 Å². The number of amides is 2. The zero-order valence-electron chi connectivity index (χ0n) is 17.4. The number of carboxylic acid groups (broad SMARTS) is 1. The molecule has 0 radical (unpaired) electrons. The van der Waals surface area contributed by atoms with Crippen molar-refractivity contribution in [2.75, 3.05) is 17.8 Å². The van der Waals surface area contributed by atoms with Gasteiger partial charge in [-0.2, -0.15) is 0 Å². The van der Waals surface area contributed by atoms with Crippen LogP contribution < -0.4 is 14.5 Å². The Bertz CT molecular complexity index is 1330. The molecule has 2 aromatic carbocycles. The number of methoxy groups -OCH3 is 1. The van der Waals surface area contributed by atoms with Gasteiger partial charge in [0.05, 0.1) is 28.8 Å². The molecule has 3 aromatic rings. The van der Waals surface area contributed by atoms with Crippen molar-refractivity contribution in [1.82, 2.24) is 4.98 Å². The SMILES string of the molecule is COc1ccc([C@H]2c3sc(=O)[nH]c3SC[C@@]23CC(=O)N(c2ccc(C(=O)O)cc2)C3=O)cc1. The van der Waals surface area contributed by atoms with Crippen LogP contribution in [0.1, 0.15) is 33.1 Å². The van der Waals surface area contributed by atoms with E-state index in [2.05, 4.69) is 4.98 Å². The third-order valence-corrected chi connectivity index (χ3v) is 8.44. The summed E-state index contributed by atoms with van der Waals surface area (Å²) in [5, 5.41) is 9.87. The van der Waals surface area contributed by atoms with Crippen molar-refractivity contribution < 1.29 is 24.2 Å². The van der Waals surface area contributed by atoms with Gasteiger partial charge in [-0.3, -0.25) is 14.4 Å². The molecule has 2 aliphatic heterocycles. The number of thiazole rings is 1. The number of aromatic amines is 1. The summed E-state index contributed by atoms with van der Waals surface area (Å²) in [7, 11) is 1.57. The first-order chi connectivity index (χ1) is 15.8. The summed E-state index contributed by atoms with van der Waals surface area (Å²) in [5.74, 6) is -1.28. The second kappa shape index (κ2) is 7.89. The van der Waals surface area contributed by atoms with E-state index >= 15 is 0 Å². The van der Waals surface area contributed by atoms with Crippen molar-refractivity contribution in [3.8, 4) is 5.75 Å². The molecular weight excluding hydrogens is 464 g/mol. The van der Waals surface area contributed by atoms with Gasteiger partial charge >= 0.3 is 10.8 Å². The lowest BCUT2D eigenvalue weighted by atomic mass is 9.71. The third kappa shape index (κ3) is 3.37. The average molecular weight is 483 g/mol. The van der Waals surface area contributed by atoms with E-state index in [4.69, 9.17) is 9.84 Å². The van der Waals surface area contributed by atoms with Crippen molar-refractivity contribution in [2.45, 2.75) is 17.4 Å². The lowest BCUT2D eigenvalue weighted by molar-refractivity contribution is -0.125. The molecule has 1 spiro atoms. The van der Waals surface area contributed by atoms with Crippen LogP contribution in [0.3, 0.4) is 0 Å². The first-order valence-corrected chi connectivity index (χ1v) is 11.8. The zero-order chi connectivity index (χ0) is 23.3. The summed E-state index contributed by atoms with van der Waals surface area (Å²) in [4.78, 5) is 54.9. The number of hydrogen-bond donors (Lipinski definition) is 2. The number of ether oxygens (including phenoxy) is 1. The Balaban J connectivity index is 1.61. The number of thioether (sulfide) groups is 1. The largest absolute Gasteiger partial charge is 0.497 e. The van der Waals surface area contributed by atoms with Crippen LogP contribution in [0.5, 0.6) is 5.75 Å². The number of imide groups is 1. The van der Waals surface area contributed by atoms with Crippen LogP contribution in [0.15, 0.2) is 58.4 Å². The Morgan fingerprint density at radius 3 is 2.45 bits per heavy atom. The Labute approximate surface area is 196 Å². The van der Waals surface area contributed by atoms with E-state index in [9.17, 15) is 19.2 Å². The van der Waals surface area contributed by atoms with E-state index < -0.39 is 17.3 Å². The fourth-order valence-corrected chi connectivity index (χ4v) is 7.10. The van der Waals surface area contributed by atoms with E-state index in [1.807, 2.05) is 12.1 Å². The summed E-state index contributed by atoms with van der Waals surface area (Å²) in [5.41, 5.74) is 0.147. The second-order valence-corrected chi connectivity index (χ2v) is 9.92. The number of hydrogen-bond acceptors (Lipinski definition) is 7. The highest BCUT2D eigenvalue weighted by Gasteiger charge is 2.59. The van der Waals surface area contributed by atoms with E-state index in [1.165, 1.54) is 36.0 Å². The number of nitrogens with one attached hydrogen (secondary N) is 1. The van der Waals surface area contributed by atoms with Gasteiger partial charge in [-0.05, 0) is 42.0 Å². The predicted molar refractivity (Wildman–Crippen MR) is 123 cm³/mol. The molecule has 2 amide bonds. The molecule has 1 saturated heterocycles. The smallest absolute Gasteiger partial charge is 0.335 e. The van der Waals surface area contributed by atoms with Gasteiger partial charge in [0, 0.05) is 23.0 Å². The summed E-state index contributed by atoms with van der Waals surface area (Å²) in [6.07, 6.45) is -0.0122. The number of carbonyl (C=O) groups excluding carboxylic acids is 2. The molecule has 5 rings (SSSR count). The normalized spacial score (nSPS) is 22.0. The topological polar surface area (TPSA) is 117 Å². The molecule has 33 heavy (non-hydrogen) atoms. The molecule has 0 bridgehead atoms. The minimum Gasteiger partial charge on any atom is -0.497 e. The van der Waals surface area contributed by atoms with Crippen molar-refractivity contribution in [2.24, 2.45) is 5.41 Å². The third-order valence-electron chi connectivity index (χ3n) is 6.10. The van der Waals surface area contributed by atoms with Gasteiger partial charge in [-0.1, -0.05) is 23.5 Å². The van der Waals surface area contributed by atoms with Crippen LogP contribution >= 0.6 is 23.1 Å². The van der Waals surface area contributed by atoms with Crippen LogP contribution in [0.4, 0.5) is 5.69 Å². The monoisotopic (exact) mass is 482 g/mol. The number of nitrogens with zero attached hydrogens (tertiary/aromatic N) is 1. The molecule has 168 valence electrons. The first-order valence-electron chi connectivity index (χ1n) is 10.0. The molecule has 0 unspecified atom stereocenters. The Hall–Kier alpha value is -3.37. The maximum Gasteiger partial charge on any atom is 0.335 e. The highest BCUT2D eigenvalue weighted by molar-refractivity contribution is 7.99. The van der Waals surface area contributed by atoms with Gasteiger partial charge in [0.15, 0.2) is 0 Å². The van der Waals surface area contributed by atoms with Gasteiger partial charge in [0.1, 0.15) is 5.75 Å². The second-order valence-electron chi connectivity index (χ2n) is 7.92. The van der Waals surface area contributed by atoms with Crippen molar-refractivity contribution in [3.63, 3.8) is 0 Å². The van der Waals surface area contributed by atoms with E-state index in [1.54, 1.807) is 19.2 Å². The summed E-state index contributed by atoms with van der Waals surface area (Å²) >= 11 is 2.43. The minimum atomic E-state index is -1.09. The Morgan fingerprint density at radius 2 is 1.82 bits per heavy atom. The number of rotatable bonds is 4. The number of aromatic carboxylic acids is 1. The molecule has 10 heteroatoms. The van der Waals surface area contributed by atoms with Crippen molar-refractivity contribution >= 4 is 46.6 Å². The van der Waals surface area contributed by atoms with Crippen molar-refractivity contribution in [3.05, 3.63) is 74.2 Å². The van der Waals surface area contributed by atoms with Gasteiger partial charge in [-0.15, -0.1) is 11.8 Å². The predicted octanol–water partition coefficient (Wildman–Crippen LogP) is 3.33. The van der Waals surface area contributed by atoms with E-state index in [0.717, 1.165) is 31.7 Å². The molecule has 0 aliphatic carbocycles.